The Kier molecular flexibility index (Phi) is 10.5. The molecule has 246 valence electrons. The molecule has 0 saturated heterocycles. The number of hydrogen-bond acceptors (Lipinski definition) is 2. The van der Waals surface area contributed by atoms with E-state index in [9.17, 15) is 10.2 Å². The predicted molar refractivity (Wildman–Crippen MR) is 205 cm³/mol. The Morgan fingerprint density at radius 3 is 0.920 bits per heavy atom. The van der Waals surface area contributed by atoms with Gasteiger partial charge in [0.05, 0.1) is 0 Å². The van der Waals surface area contributed by atoms with Gasteiger partial charge in [0.2, 0.25) is 0 Å². The summed E-state index contributed by atoms with van der Waals surface area (Å²) in [6.45, 7) is 11.8. The monoisotopic (exact) mass is 650 g/mol. The zero-order valence-electron chi connectivity index (χ0n) is 29.6. The molecule has 2 atom stereocenters. The maximum Gasteiger partial charge on any atom is 0.156 e. The molecule has 2 heteroatoms. The topological polar surface area (TPSA) is 40.5 Å². The summed E-state index contributed by atoms with van der Waals surface area (Å²) < 4.78 is 0. The Hall–Kier alpha value is -5.74. The molecule has 0 unspecified atom stereocenters. The first kappa shape index (κ1) is 35.6. The molecule has 0 spiro atoms. The molecule has 0 aliphatic heterocycles. The van der Waals surface area contributed by atoms with Crippen LogP contribution in [0.1, 0.15) is 86.1 Å². The Morgan fingerprint density at radius 1 is 0.340 bits per heavy atom. The normalized spacial score (nSPS) is 13.3. The minimum atomic E-state index is -1.51. The minimum Gasteiger partial charge on any atom is -0.373 e. The van der Waals surface area contributed by atoms with Gasteiger partial charge in [0.15, 0.2) is 11.2 Å². The standard InChI is InChI=1S/C48H42O2/c1-45(2,3)47(49,35-33-41-23-15-13-21-39(41)27-25-37-17-9-7-10-18-37)43-29-31-44(32-30-43)48(50,46(4,5)6)36-34-42-24-16-14-22-40(42)28-26-38-19-11-8-12-20-38/h7-24,29-32,49-50H,1-6H3/t47-,48-/m0/s1. The van der Waals surface area contributed by atoms with E-state index in [0.717, 1.165) is 33.4 Å². The molecule has 2 nitrogen and oxygen atoms in total. The maximum atomic E-state index is 12.2. The first-order valence-corrected chi connectivity index (χ1v) is 16.7. The smallest absolute Gasteiger partial charge is 0.156 e. The second-order valence-electron chi connectivity index (χ2n) is 14.3. The van der Waals surface area contributed by atoms with Gasteiger partial charge in [-0.3, -0.25) is 0 Å². The van der Waals surface area contributed by atoms with E-state index in [1.165, 1.54) is 0 Å². The van der Waals surface area contributed by atoms with Crippen LogP contribution in [0.5, 0.6) is 0 Å². The molecule has 5 aromatic carbocycles. The SMILES string of the molecule is CC(C)(C)[C@](O)(C#Cc1ccccc1C#Cc1ccccc1)c1ccc([C@@](O)(C#Cc2ccccc2C#Cc2ccccc2)C(C)(C)C)cc1. The molecule has 50 heavy (non-hydrogen) atoms. The fourth-order valence-corrected chi connectivity index (χ4v) is 5.38. The van der Waals surface area contributed by atoms with Crippen LogP contribution in [0.4, 0.5) is 0 Å². The van der Waals surface area contributed by atoms with Gasteiger partial charge in [-0.15, -0.1) is 0 Å². The molecule has 0 aliphatic carbocycles. The number of benzene rings is 5. The van der Waals surface area contributed by atoms with E-state index in [4.69, 9.17) is 0 Å². The second kappa shape index (κ2) is 14.8. The molecule has 5 aromatic rings. The molecule has 0 aliphatic rings. The van der Waals surface area contributed by atoms with E-state index in [1.54, 1.807) is 0 Å². The lowest BCUT2D eigenvalue weighted by Crippen LogP contribution is -2.40. The van der Waals surface area contributed by atoms with Gasteiger partial charge >= 0.3 is 0 Å². The molecule has 5 rings (SSSR count). The lowest BCUT2D eigenvalue weighted by Gasteiger charge is -2.38. The van der Waals surface area contributed by atoms with E-state index in [0.29, 0.717) is 11.1 Å². The molecule has 0 heterocycles. The maximum absolute atomic E-state index is 12.2. The Labute approximate surface area is 298 Å². The van der Waals surface area contributed by atoms with Crippen LogP contribution in [0, 0.1) is 58.2 Å². The van der Waals surface area contributed by atoms with Crippen molar-refractivity contribution < 1.29 is 10.2 Å². The van der Waals surface area contributed by atoms with Crippen LogP contribution >= 0.6 is 0 Å². The van der Waals surface area contributed by atoms with Gasteiger partial charge in [0.1, 0.15) is 0 Å². The van der Waals surface area contributed by atoms with Crippen molar-refractivity contribution >= 4 is 0 Å². The van der Waals surface area contributed by atoms with E-state index in [2.05, 4.69) is 47.4 Å². The van der Waals surface area contributed by atoms with Gasteiger partial charge in [0, 0.05) is 44.2 Å². The summed E-state index contributed by atoms with van der Waals surface area (Å²) in [7, 11) is 0. The Balaban J connectivity index is 1.50. The first-order chi connectivity index (χ1) is 23.8. The van der Waals surface area contributed by atoms with Crippen LogP contribution in [0.15, 0.2) is 133 Å². The van der Waals surface area contributed by atoms with E-state index in [-0.39, 0.29) is 0 Å². The lowest BCUT2D eigenvalue weighted by molar-refractivity contribution is -0.0120. The van der Waals surface area contributed by atoms with Crippen molar-refractivity contribution in [2.75, 3.05) is 0 Å². The molecule has 0 fully saturated rings. The predicted octanol–water partition coefficient (Wildman–Crippen LogP) is 9.06. The first-order valence-electron chi connectivity index (χ1n) is 16.7. The van der Waals surface area contributed by atoms with Crippen molar-refractivity contribution in [3.8, 4) is 47.4 Å². The number of rotatable bonds is 2. The van der Waals surface area contributed by atoms with Crippen LogP contribution in [0.25, 0.3) is 0 Å². The molecule has 0 bridgehead atoms. The highest BCUT2D eigenvalue weighted by Crippen LogP contribution is 2.42. The summed E-state index contributed by atoms with van der Waals surface area (Å²) in [5.41, 5.74) is 1.84. The van der Waals surface area contributed by atoms with Gasteiger partial charge in [-0.2, -0.15) is 0 Å². The quantitative estimate of drug-likeness (QED) is 0.187. The number of hydrogen-bond donors (Lipinski definition) is 2. The highest BCUT2D eigenvalue weighted by molar-refractivity contribution is 5.55. The van der Waals surface area contributed by atoms with E-state index < -0.39 is 22.0 Å². The minimum absolute atomic E-state index is 0.625. The fourth-order valence-electron chi connectivity index (χ4n) is 5.38. The largest absolute Gasteiger partial charge is 0.373 e. The average Bonchev–Trinajstić information content (AvgIpc) is 3.11. The summed E-state index contributed by atoms with van der Waals surface area (Å²) in [5.74, 6) is 25.8. The molecule has 0 amide bonds. The summed E-state index contributed by atoms with van der Waals surface area (Å²) in [6.07, 6.45) is 0. The number of aliphatic hydroxyl groups is 2. The average molecular weight is 651 g/mol. The van der Waals surface area contributed by atoms with Crippen molar-refractivity contribution in [3.05, 3.63) is 178 Å². The molecule has 0 saturated carbocycles. The van der Waals surface area contributed by atoms with Gasteiger partial charge in [-0.25, -0.2) is 0 Å². The van der Waals surface area contributed by atoms with Gasteiger partial charge in [0.25, 0.3) is 0 Å². The van der Waals surface area contributed by atoms with Crippen molar-refractivity contribution in [2.45, 2.75) is 52.7 Å². The molecule has 0 aromatic heterocycles. The van der Waals surface area contributed by atoms with Crippen LogP contribution in [-0.2, 0) is 11.2 Å². The summed E-state index contributed by atoms with van der Waals surface area (Å²) in [5, 5.41) is 24.5. The Morgan fingerprint density at radius 2 is 0.620 bits per heavy atom. The van der Waals surface area contributed by atoms with Crippen molar-refractivity contribution in [3.63, 3.8) is 0 Å². The molecular formula is C48H42O2. The summed E-state index contributed by atoms with van der Waals surface area (Å²) >= 11 is 0. The van der Waals surface area contributed by atoms with Gasteiger partial charge in [-0.1, -0.05) is 174 Å². The third-order valence-electron chi connectivity index (χ3n) is 8.73. The second-order valence-corrected chi connectivity index (χ2v) is 14.3. The molecular weight excluding hydrogens is 609 g/mol. The van der Waals surface area contributed by atoms with Crippen molar-refractivity contribution in [1.29, 1.82) is 0 Å². The molecule has 2 N–H and O–H groups in total. The van der Waals surface area contributed by atoms with Gasteiger partial charge in [-0.05, 0) is 59.7 Å². The summed E-state index contributed by atoms with van der Waals surface area (Å²) in [4.78, 5) is 0. The third-order valence-corrected chi connectivity index (χ3v) is 8.73. The fraction of sp³-hybridized carbons (Fsp3) is 0.208. The highest BCUT2D eigenvalue weighted by atomic mass is 16.3. The molecule has 0 radical (unpaired) electrons. The highest BCUT2D eigenvalue weighted by Gasteiger charge is 2.43. The van der Waals surface area contributed by atoms with Crippen LogP contribution in [0.2, 0.25) is 0 Å². The lowest BCUT2D eigenvalue weighted by atomic mass is 9.70. The van der Waals surface area contributed by atoms with Crippen molar-refractivity contribution in [1.82, 2.24) is 0 Å². The van der Waals surface area contributed by atoms with Crippen LogP contribution in [0.3, 0.4) is 0 Å². The Bertz CT molecular complexity index is 2040. The van der Waals surface area contributed by atoms with Crippen LogP contribution in [-0.4, -0.2) is 10.2 Å². The zero-order valence-corrected chi connectivity index (χ0v) is 29.6. The van der Waals surface area contributed by atoms with Crippen molar-refractivity contribution in [2.24, 2.45) is 10.8 Å². The van der Waals surface area contributed by atoms with E-state index >= 15 is 0 Å². The van der Waals surface area contributed by atoms with E-state index in [1.807, 2.05) is 175 Å². The van der Waals surface area contributed by atoms with Gasteiger partial charge < -0.3 is 10.2 Å². The van der Waals surface area contributed by atoms with Crippen LogP contribution < -0.4 is 0 Å². The summed E-state index contributed by atoms with van der Waals surface area (Å²) in [6, 6.07) is 42.4. The third kappa shape index (κ3) is 8.10. The zero-order chi connectivity index (χ0) is 35.8.